The number of esters is 2. The number of aromatic nitrogens is 10. The number of fused-ring (bicyclic) bond motifs is 52. The summed E-state index contributed by atoms with van der Waals surface area (Å²) in [7, 11) is 3.00. The maximum absolute atomic E-state index is 16.3. The monoisotopic (exact) mass is 1940 g/mol. The zero-order valence-electron chi connectivity index (χ0n) is 90.2. The first-order valence-corrected chi connectivity index (χ1v) is 53.6. The van der Waals surface area contributed by atoms with Gasteiger partial charge in [-0.2, -0.15) is 0 Å². The second-order valence-electron chi connectivity index (χ2n) is 54.4. The summed E-state index contributed by atoms with van der Waals surface area (Å²) in [6, 6.07) is 55.2. The second kappa shape index (κ2) is 29.3. The highest BCUT2D eigenvalue weighted by atomic mass is 16.6. The molecule has 27 rings (SSSR count). The summed E-state index contributed by atoms with van der Waals surface area (Å²) in [5, 5.41) is 4.27. The summed E-state index contributed by atoms with van der Waals surface area (Å²) in [4.78, 5) is 103. The molecular formula is C131H132N10O6. The molecule has 16 bridgehead atoms. The van der Waals surface area contributed by atoms with Crippen molar-refractivity contribution in [2.75, 3.05) is 14.2 Å². The zero-order chi connectivity index (χ0) is 103. The molecule has 147 heavy (non-hydrogen) atoms. The van der Waals surface area contributed by atoms with Crippen LogP contribution in [-0.4, -0.2) is 93.0 Å². The number of nitrogens with zero attached hydrogens (tertiary/aromatic N) is 8. The van der Waals surface area contributed by atoms with Gasteiger partial charge in [-0.1, -0.05) is 275 Å². The van der Waals surface area contributed by atoms with Gasteiger partial charge in [0.05, 0.1) is 103 Å². The molecule has 7 aromatic heterocycles. The third kappa shape index (κ3) is 12.2. The first-order chi connectivity index (χ1) is 69.3. The van der Waals surface area contributed by atoms with Gasteiger partial charge < -0.3 is 24.2 Å². The van der Waals surface area contributed by atoms with E-state index in [0.29, 0.717) is 33.1 Å². The van der Waals surface area contributed by atoms with E-state index in [1.807, 2.05) is 24.5 Å². The summed E-state index contributed by atoms with van der Waals surface area (Å²) in [6.07, 6.45) is 14.2. The molecule has 15 aromatic rings. The molecule has 11 heterocycles. The summed E-state index contributed by atoms with van der Waals surface area (Å²) in [5.41, 5.74) is 31.2. The average molecular weight is 1940 g/mol. The number of H-pyrrole nitrogens is 2. The van der Waals surface area contributed by atoms with Gasteiger partial charge >= 0.3 is 11.9 Å². The van der Waals surface area contributed by atoms with Crippen molar-refractivity contribution in [1.29, 1.82) is 0 Å². The predicted octanol–water partition coefficient (Wildman–Crippen LogP) is 29.5. The van der Waals surface area contributed by atoms with Crippen LogP contribution in [0.1, 0.15) is 294 Å². The van der Waals surface area contributed by atoms with Crippen molar-refractivity contribution < 1.29 is 28.6 Å². The Balaban J connectivity index is 0.687. The second-order valence-corrected chi connectivity index (χ2v) is 54.4. The Morgan fingerprint density at radius 1 is 0.347 bits per heavy atom. The van der Waals surface area contributed by atoms with Crippen LogP contribution < -0.4 is 0 Å². The molecular weight excluding hydrogens is 1810 g/mol. The van der Waals surface area contributed by atoms with Crippen LogP contribution in [0.4, 0.5) is 0 Å². The number of hydrogen-bond acceptors (Lipinski definition) is 14. The molecule has 742 valence electrons. The number of pyridine rings is 2. The zero-order valence-corrected chi connectivity index (χ0v) is 90.2. The van der Waals surface area contributed by atoms with Crippen molar-refractivity contribution in [2.45, 2.75) is 270 Å². The fraction of sp³-hybridized carbons (Fsp3) is 0.412. The number of rotatable bonds is 6. The van der Waals surface area contributed by atoms with E-state index >= 15 is 14.4 Å². The van der Waals surface area contributed by atoms with E-state index in [2.05, 4.69) is 348 Å². The number of carbonyl (C=O) groups excluding carboxylic acids is 3. The van der Waals surface area contributed by atoms with Crippen molar-refractivity contribution in [2.24, 2.45) is 59.2 Å². The minimum Gasteiger partial charge on any atom is -0.467 e. The van der Waals surface area contributed by atoms with Gasteiger partial charge in [0, 0.05) is 96.6 Å². The van der Waals surface area contributed by atoms with Crippen LogP contribution in [0.3, 0.4) is 0 Å². The molecule has 2 saturated heterocycles. The Hall–Kier alpha value is -13.1. The third-order valence-electron chi connectivity index (χ3n) is 38.1. The number of nitrogens with one attached hydrogen (secondary N) is 2. The van der Waals surface area contributed by atoms with Crippen LogP contribution in [0, 0.1) is 59.2 Å². The Morgan fingerprint density at radius 3 is 0.993 bits per heavy atom. The number of Topliss-reactive ketones (excluding diaryl/α,β-unsaturated/α-hetero) is 1. The molecule has 8 aliphatic carbocycles. The number of aromatic amines is 2. The molecule has 11 unspecified atom stereocenters. The van der Waals surface area contributed by atoms with Gasteiger partial charge in [0.1, 0.15) is 11.0 Å². The summed E-state index contributed by atoms with van der Waals surface area (Å²) >= 11 is 0. The van der Waals surface area contributed by atoms with E-state index in [-0.39, 0.29) is 108 Å². The molecule has 16 nitrogen and oxygen atoms in total. The van der Waals surface area contributed by atoms with Crippen LogP contribution >= 0.6 is 0 Å². The fourth-order valence-corrected chi connectivity index (χ4v) is 31.6. The average Bonchev–Trinajstić information content (AvgIpc) is 1.42. The van der Waals surface area contributed by atoms with Gasteiger partial charge in [0.2, 0.25) is 0 Å². The van der Waals surface area contributed by atoms with Crippen LogP contribution in [-0.2, 0) is 82.7 Å². The highest BCUT2D eigenvalue weighted by molar-refractivity contribution is 6.21. The Kier molecular flexibility index (Phi) is 18.5. The molecule has 0 radical (unpaired) electrons. The predicted molar refractivity (Wildman–Crippen MR) is 593 cm³/mol. The number of benzene rings is 8. The third-order valence-corrected chi connectivity index (χ3v) is 38.1. The van der Waals surface area contributed by atoms with E-state index < -0.39 is 45.8 Å². The van der Waals surface area contributed by atoms with E-state index in [4.69, 9.17) is 54.1 Å². The van der Waals surface area contributed by atoms with Gasteiger partial charge in [-0.15, -0.1) is 0 Å². The number of carbonyl (C=O) groups is 3. The molecule has 16 atom stereocenters. The molecule has 8 aromatic carbocycles. The Labute approximate surface area is 860 Å². The van der Waals surface area contributed by atoms with Gasteiger partial charge in [0.25, 0.3) is 0 Å². The van der Waals surface area contributed by atoms with Crippen molar-refractivity contribution in [3.05, 3.63) is 248 Å². The van der Waals surface area contributed by atoms with Crippen molar-refractivity contribution in [1.82, 2.24) is 49.8 Å². The maximum atomic E-state index is 16.3. The molecule has 0 amide bonds. The van der Waals surface area contributed by atoms with E-state index in [0.717, 1.165) is 163 Å². The van der Waals surface area contributed by atoms with Crippen LogP contribution in [0.15, 0.2) is 158 Å². The quantitative estimate of drug-likeness (QED) is 0.0686. The van der Waals surface area contributed by atoms with Gasteiger partial charge in [0.15, 0.2) is 17.0 Å². The molecule has 7 fully saturated rings. The molecule has 2 N–H and O–H groups in total. The smallest absolute Gasteiger partial charge is 0.338 e. The molecule has 0 spiro atoms. The first-order valence-electron chi connectivity index (χ1n) is 53.6. The summed E-state index contributed by atoms with van der Waals surface area (Å²) < 4.78 is 20.3. The molecule has 12 aliphatic rings. The van der Waals surface area contributed by atoms with E-state index in [9.17, 15) is 0 Å². The topological polar surface area (TPSA) is 214 Å². The van der Waals surface area contributed by atoms with E-state index in [1.54, 1.807) is 0 Å². The first kappa shape index (κ1) is 92.5. The lowest BCUT2D eigenvalue weighted by atomic mass is 9.44. The minimum atomic E-state index is -1.48. The van der Waals surface area contributed by atoms with Crippen molar-refractivity contribution >= 4 is 130 Å². The van der Waals surface area contributed by atoms with Gasteiger partial charge in [-0.05, 0) is 272 Å². The Morgan fingerprint density at radius 2 is 0.660 bits per heavy atom. The highest BCUT2D eigenvalue weighted by Crippen LogP contribution is 2.88. The van der Waals surface area contributed by atoms with Crippen molar-refractivity contribution in [3.63, 3.8) is 0 Å². The lowest BCUT2D eigenvalue weighted by Gasteiger charge is -2.56. The number of ketones is 1. The largest absolute Gasteiger partial charge is 0.467 e. The molecule has 16 heteroatoms. The van der Waals surface area contributed by atoms with Gasteiger partial charge in [-0.3, -0.25) is 14.8 Å². The lowest BCUT2D eigenvalue weighted by molar-refractivity contribution is -0.188. The minimum absolute atomic E-state index is 0.00499. The summed E-state index contributed by atoms with van der Waals surface area (Å²) in [5.74, 6) is -2.76. The maximum Gasteiger partial charge on any atom is 0.338 e. The fourth-order valence-electron chi connectivity index (χ4n) is 31.6. The van der Waals surface area contributed by atoms with E-state index in [1.165, 1.54) is 75.2 Å². The Bertz CT molecular complexity index is 8250. The van der Waals surface area contributed by atoms with Crippen molar-refractivity contribution in [3.8, 4) is 67.0 Å². The summed E-state index contributed by atoms with van der Waals surface area (Å²) in [6.45, 7) is 60.0. The van der Waals surface area contributed by atoms with Crippen LogP contribution in [0.5, 0.6) is 0 Å². The SMILES string of the molecule is COC(=O)C12O[C@](C(=O)OC)(C3C1[C@H]1C[C@@H]3C3c4ccc5c6c(ccc(c46)C31)-c1nc3cc4nc6c7[nH]c(c(-c8cc(C(C)(C)C)cc(C(C)(C)C)c8)c8nc(c(-c9cc(C(C)(C)C)cc(C(C)(C)C)c9)c9ccc([nH]9)c(-c9cc(C(C)(C)C)cc(C(C)(C)C)c9)c9nc(c7-c7cc(C(C)(C)C)cc(C(C)(C)C)c7)C=C9)C=C8)c6nc4cc3nc1-5)C1C2C2C[C@H]1C1C2C2(C)C(=O)[C@@]1(C)c1c2c2cccnc2c2ncccc12. The van der Waals surface area contributed by atoms with Crippen LogP contribution in [0.2, 0.25) is 0 Å². The number of hydrogen-bond donors (Lipinski definition) is 2. The van der Waals surface area contributed by atoms with Gasteiger partial charge in [-0.25, -0.2) is 39.5 Å². The normalized spacial score (nSPS) is 26.1. The molecule has 5 saturated carbocycles. The molecule has 4 aliphatic heterocycles. The standard InChI is InChI=1S/C131H132N10O6/c1-120(2,3)65-45-61(46-66(53-65)121(4,5)6)93-83-37-38-84(134-83)94(62-47-67(122(7,8)9)54-68(48-62)123(10,11)12)86-40-42-88(136-86)96(64-51-71(126(19,20)21)56-72(52-64)127(22,23)24)114-116-115(113(141-114)95(87-41-39-85(93)135-87)63-49-69(124(13,14)15)55-70(50-63)125(16,17)18)139-91-59-89-90(60-92(91)140-116)138-112-76-36-34-74-97-73(33-35-75(100(76)97)111(112)137-89)98-79-57-80(99(74)98)106-105(79)130(118(143)145-27)107-81-58-82(108(107)131(106,147-130)119(144)146-28)104-103(81)128(25)101-77-31-29-43-132-109(77)110-78(32-30-44-133-110)102(101)129(104,26)117(128)142/h29-56,59-60,79-82,98-99,103-108,134,141H,57-58H2,1-28H3/t79-,80+,81+,82?,98?,99?,103?,104?,105?,106?,107?,108?,128+,129?,130-,131?/m1/s1. The lowest BCUT2D eigenvalue weighted by Crippen LogP contribution is -2.64. The van der Waals surface area contributed by atoms with Crippen LogP contribution in [0.25, 0.3) is 179 Å². The number of methoxy groups -OCH3 is 2. The number of ether oxygens (including phenoxy) is 3. The highest BCUT2D eigenvalue weighted by Gasteiger charge is 2.94.